The van der Waals surface area contributed by atoms with Gasteiger partial charge < -0.3 is 14.6 Å². The van der Waals surface area contributed by atoms with Crippen LogP contribution < -0.4 is 0 Å². The summed E-state index contributed by atoms with van der Waals surface area (Å²) in [5.41, 5.74) is 1.05. The minimum absolute atomic E-state index is 0.00479. The SMILES string of the molecule is C=CCCCCCCCCC(=O)OC[C@H](O)COCc1ccccc1. The molecule has 1 aromatic rings. The number of aliphatic hydroxyl groups excluding tert-OH is 1. The smallest absolute Gasteiger partial charge is 0.305 e. The van der Waals surface area contributed by atoms with E-state index in [0.717, 1.165) is 31.2 Å². The summed E-state index contributed by atoms with van der Waals surface area (Å²) >= 11 is 0. The Hall–Kier alpha value is -1.65. The molecule has 0 aliphatic heterocycles. The summed E-state index contributed by atoms with van der Waals surface area (Å²) in [6.07, 6.45) is 9.37. The van der Waals surface area contributed by atoms with Gasteiger partial charge in [0, 0.05) is 6.42 Å². The fourth-order valence-corrected chi connectivity index (χ4v) is 2.46. The Labute approximate surface area is 151 Å². The van der Waals surface area contributed by atoms with Gasteiger partial charge in [-0.05, 0) is 24.8 Å². The summed E-state index contributed by atoms with van der Waals surface area (Å²) in [6.45, 7) is 4.31. The number of carbonyl (C=O) groups excluding carboxylic acids is 1. The van der Waals surface area contributed by atoms with Gasteiger partial charge in [0.25, 0.3) is 0 Å². The van der Waals surface area contributed by atoms with Gasteiger partial charge >= 0.3 is 5.97 Å². The van der Waals surface area contributed by atoms with E-state index in [2.05, 4.69) is 6.58 Å². The number of ether oxygens (including phenoxy) is 2. The van der Waals surface area contributed by atoms with Crippen LogP contribution in [-0.2, 0) is 20.9 Å². The van der Waals surface area contributed by atoms with E-state index in [-0.39, 0.29) is 19.2 Å². The molecule has 0 unspecified atom stereocenters. The van der Waals surface area contributed by atoms with Gasteiger partial charge in [-0.3, -0.25) is 4.79 Å². The highest BCUT2D eigenvalue weighted by atomic mass is 16.5. The molecule has 1 atom stereocenters. The first-order chi connectivity index (χ1) is 12.2. The van der Waals surface area contributed by atoms with Crippen molar-refractivity contribution in [3.05, 3.63) is 48.6 Å². The monoisotopic (exact) mass is 348 g/mol. The number of hydrogen-bond donors (Lipinski definition) is 1. The van der Waals surface area contributed by atoms with Crippen molar-refractivity contribution in [1.29, 1.82) is 0 Å². The van der Waals surface area contributed by atoms with E-state index in [0.29, 0.717) is 13.0 Å². The van der Waals surface area contributed by atoms with Crippen LogP contribution in [0.2, 0.25) is 0 Å². The van der Waals surface area contributed by atoms with Gasteiger partial charge in [-0.1, -0.05) is 62.1 Å². The molecule has 0 aliphatic rings. The van der Waals surface area contributed by atoms with E-state index >= 15 is 0 Å². The van der Waals surface area contributed by atoms with Crippen molar-refractivity contribution in [1.82, 2.24) is 0 Å². The fourth-order valence-electron chi connectivity index (χ4n) is 2.46. The van der Waals surface area contributed by atoms with Crippen LogP contribution in [0.5, 0.6) is 0 Å². The highest BCUT2D eigenvalue weighted by molar-refractivity contribution is 5.69. The predicted octanol–water partition coefficient (Wildman–Crippen LogP) is 4.41. The summed E-state index contributed by atoms with van der Waals surface area (Å²) in [5.74, 6) is -0.242. The number of aliphatic hydroxyl groups is 1. The van der Waals surface area contributed by atoms with Crippen LogP contribution in [0.1, 0.15) is 56.9 Å². The lowest BCUT2D eigenvalue weighted by Gasteiger charge is -2.12. The van der Waals surface area contributed by atoms with E-state index in [1.54, 1.807) is 0 Å². The van der Waals surface area contributed by atoms with Gasteiger partial charge in [-0.2, -0.15) is 0 Å². The van der Waals surface area contributed by atoms with Crippen molar-refractivity contribution in [3.63, 3.8) is 0 Å². The number of unbranched alkanes of at least 4 members (excludes halogenated alkanes) is 6. The van der Waals surface area contributed by atoms with E-state index < -0.39 is 6.10 Å². The molecule has 0 aliphatic carbocycles. The minimum Gasteiger partial charge on any atom is -0.463 e. The molecule has 1 aromatic carbocycles. The zero-order chi connectivity index (χ0) is 18.2. The highest BCUT2D eigenvalue weighted by Crippen LogP contribution is 2.09. The van der Waals surface area contributed by atoms with Crippen molar-refractivity contribution < 1.29 is 19.4 Å². The number of benzene rings is 1. The maximum atomic E-state index is 11.6. The van der Waals surface area contributed by atoms with Crippen molar-refractivity contribution in [2.75, 3.05) is 13.2 Å². The Kier molecular flexibility index (Phi) is 12.6. The normalized spacial score (nSPS) is 11.9. The molecular weight excluding hydrogens is 316 g/mol. The molecule has 0 fully saturated rings. The first-order valence-electron chi connectivity index (χ1n) is 9.28. The topological polar surface area (TPSA) is 55.8 Å². The summed E-state index contributed by atoms with van der Waals surface area (Å²) in [4.78, 5) is 11.6. The standard InChI is InChI=1S/C21H32O4/c1-2-3-4-5-6-7-8-12-15-21(23)25-18-20(22)17-24-16-19-13-10-9-11-14-19/h2,9-11,13-14,20,22H,1,3-8,12,15-18H2/t20-/m1/s1. The van der Waals surface area contributed by atoms with Crippen LogP contribution in [0, 0.1) is 0 Å². The molecule has 0 amide bonds. The van der Waals surface area contributed by atoms with Gasteiger partial charge in [-0.25, -0.2) is 0 Å². The number of esters is 1. The molecule has 25 heavy (non-hydrogen) atoms. The third-order valence-electron chi connectivity index (χ3n) is 3.90. The maximum absolute atomic E-state index is 11.6. The summed E-state index contributed by atoms with van der Waals surface area (Å²) in [5, 5.41) is 9.78. The second kappa shape index (κ2) is 14.7. The molecule has 4 heteroatoms. The van der Waals surface area contributed by atoms with Gasteiger partial charge in [0.2, 0.25) is 0 Å². The van der Waals surface area contributed by atoms with E-state index in [1.165, 1.54) is 19.3 Å². The minimum atomic E-state index is -0.780. The number of carbonyl (C=O) groups is 1. The second-order valence-electron chi connectivity index (χ2n) is 6.29. The summed E-state index contributed by atoms with van der Waals surface area (Å²) in [6, 6.07) is 9.76. The maximum Gasteiger partial charge on any atom is 0.305 e. The molecule has 0 heterocycles. The lowest BCUT2D eigenvalue weighted by molar-refractivity contribution is -0.148. The average molecular weight is 348 g/mol. The Morgan fingerprint density at radius 3 is 2.44 bits per heavy atom. The number of hydrogen-bond acceptors (Lipinski definition) is 4. The quantitative estimate of drug-likeness (QED) is 0.290. The Bertz CT molecular complexity index is 458. The molecule has 0 radical (unpaired) electrons. The molecule has 0 bridgehead atoms. The van der Waals surface area contributed by atoms with Gasteiger partial charge in [-0.15, -0.1) is 6.58 Å². The summed E-state index contributed by atoms with van der Waals surface area (Å²) in [7, 11) is 0. The van der Waals surface area contributed by atoms with Crippen LogP contribution in [0.25, 0.3) is 0 Å². The molecule has 0 spiro atoms. The van der Waals surface area contributed by atoms with E-state index in [1.807, 2.05) is 36.4 Å². The average Bonchev–Trinajstić information content (AvgIpc) is 2.63. The predicted molar refractivity (Wildman–Crippen MR) is 100 cm³/mol. The van der Waals surface area contributed by atoms with Crippen LogP contribution in [0.15, 0.2) is 43.0 Å². The molecule has 0 aromatic heterocycles. The van der Waals surface area contributed by atoms with Crippen molar-refractivity contribution in [2.45, 2.75) is 64.1 Å². The summed E-state index contributed by atoms with van der Waals surface area (Å²) < 4.78 is 10.5. The third-order valence-corrected chi connectivity index (χ3v) is 3.90. The Morgan fingerprint density at radius 2 is 1.72 bits per heavy atom. The highest BCUT2D eigenvalue weighted by Gasteiger charge is 2.09. The van der Waals surface area contributed by atoms with Crippen LogP contribution in [-0.4, -0.2) is 30.4 Å². The third kappa shape index (κ3) is 12.4. The molecule has 1 rings (SSSR count). The van der Waals surface area contributed by atoms with Crippen LogP contribution in [0.3, 0.4) is 0 Å². The molecule has 1 N–H and O–H groups in total. The van der Waals surface area contributed by atoms with Gasteiger partial charge in [0.05, 0.1) is 13.2 Å². The molecular formula is C21H32O4. The molecule has 140 valence electrons. The van der Waals surface area contributed by atoms with Crippen LogP contribution >= 0.6 is 0 Å². The lowest BCUT2D eigenvalue weighted by atomic mass is 10.1. The fraction of sp³-hybridized carbons (Fsp3) is 0.571. The molecule has 0 saturated heterocycles. The van der Waals surface area contributed by atoms with Crippen molar-refractivity contribution >= 4 is 5.97 Å². The Morgan fingerprint density at radius 1 is 1.04 bits per heavy atom. The largest absolute Gasteiger partial charge is 0.463 e. The zero-order valence-electron chi connectivity index (χ0n) is 15.2. The van der Waals surface area contributed by atoms with Crippen molar-refractivity contribution in [3.8, 4) is 0 Å². The first kappa shape index (κ1) is 21.4. The number of rotatable bonds is 15. The molecule has 0 saturated carbocycles. The van der Waals surface area contributed by atoms with Crippen molar-refractivity contribution in [2.24, 2.45) is 0 Å². The first-order valence-corrected chi connectivity index (χ1v) is 9.28. The Balaban J connectivity index is 1.93. The molecule has 4 nitrogen and oxygen atoms in total. The van der Waals surface area contributed by atoms with E-state index in [4.69, 9.17) is 9.47 Å². The zero-order valence-corrected chi connectivity index (χ0v) is 15.2. The van der Waals surface area contributed by atoms with Gasteiger partial charge in [0.15, 0.2) is 0 Å². The number of allylic oxidation sites excluding steroid dienone is 1. The second-order valence-corrected chi connectivity index (χ2v) is 6.29. The van der Waals surface area contributed by atoms with E-state index in [9.17, 15) is 9.90 Å². The van der Waals surface area contributed by atoms with Crippen LogP contribution in [0.4, 0.5) is 0 Å². The van der Waals surface area contributed by atoms with Gasteiger partial charge in [0.1, 0.15) is 12.7 Å². The lowest BCUT2D eigenvalue weighted by Crippen LogP contribution is -2.23.